The zero-order valence-corrected chi connectivity index (χ0v) is 39.6. The number of nitrogens with zero attached hydrogens (tertiary/aromatic N) is 1. The molecule has 0 spiro atoms. The van der Waals surface area contributed by atoms with Crippen LogP contribution in [0.2, 0.25) is 0 Å². The van der Waals surface area contributed by atoms with E-state index in [9.17, 15) is 9.90 Å². The molecule has 0 saturated carbocycles. The Hall–Kier alpha value is -2.99. The molecule has 1 amide bonds. The number of benzene rings is 4. The van der Waals surface area contributed by atoms with Gasteiger partial charge in [0, 0.05) is 17.6 Å². The maximum absolute atomic E-state index is 14.2. The fraction of sp³-hybridized carbons (Fsp3) is 0.545. The highest BCUT2D eigenvalue weighted by Crippen LogP contribution is 2.64. The molecule has 0 radical (unpaired) electrons. The van der Waals surface area contributed by atoms with Gasteiger partial charge in [-0.15, -0.1) is 0 Å². The second-order valence-electron chi connectivity index (χ2n) is 18.0. The van der Waals surface area contributed by atoms with E-state index < -0.39 is 27.5 Å². The van der Waals surface area contributed by atoms with Crippen molar-refractivity contribution in [3.8, 4) is 0 Å². The summed E-state index contributed by atoms with van der Waals surface area (Å²) in [6.45, 7) is 7.75. The van der Waals surface area contributed by atoms with Gasteiger partial charge in [-0.25, -0.2) is 4.79 Å². The molecule has 1 N–H and O–H groups in total. The predicted molar refractivity (Wildman–Crippen MR) is 265 cm³/mol. The van der Waals surface area contributed by atoms with Crippen LogP contribution in [0.5, 0.6) is 0 Å². The molecule has 4 aromatic carbocycles. The second kappa shape index (κ2) is 26.5. The zero-order chi connectivity index (χ0) is 42.3. The van der Waals surface area contributed by atoms with Crippen molar-refractivity contribution in [3.63, 3.8) is 0 Å². The molecule has 5 rings (SSSR count). The average molecular weight is 848 g/mol. The van der Waals surface area contributed by atoms with Crippen LogP contribution in [0.25, 0.3) is 0 Å². The Balaban J connectivity index is 1.55. The van der Waals surface area contributed by atoms with Crippen molar-refractivity contribution in [2.45, 2.75) is 173 Å². The van der Waals surface area contributed by atoms with Gasteiger partial charge in [0.15, 0.2) is 0 Å². The van der Waals surface area contributed by atoms with E-state index in [4.69, 9.17) is 0 Å². The standard InChI is InChI=1S/C55H79NO2P2/c1-4-6-8-10-12-14-16-18-20-34-44-54(3)52(60(50-40-30-24-31-41-50)51-42-32-25-33-43-51)46-56(53(57)58)55(54,45-35-21-19-17-15-13-11-9-7-5-2)47-59(48-36-26-22-27-37-48)49-38-28-23-29-39-49/h22-33,36-43,52H,4-21,34-35,44-47H2,1-3H3,(H,57,58)/t52-,54?,55-/m1/s1. The first-order valence-electron chi connectivity index (χ1n) is 24.2. The number of rotatable bonds is 29. The Morgan fingerprint density at radius 2 is 0.850 bits per heavy atom. The smallest absolute Gasteiger partial charge is 0.407 e. The summed E-state index contributed by atoms with van der Waals surface area (Å²) in [6.07, 6.45) is 28.0. The van der Waals surface area contributed by atoms with E-state index in [-0.39, 0.29) is 11.1 Å². The second-order valence-corrected chi connectivity index (χ2v) is 22.6. The number of hydrogen-bond acceptors (Lipinski definition) is 1. The van der Waals surface area contributed by atoms with Crippen LogP contribution >= 0.6 is 15.8 Å². The third kappa shape index (κ3) is 13.5. The molecule has 1 aliphatic heterocycles. The van der Waals surface area contributed by atoms with Crippen LogP contribution in [0.3, 0.4) is 0 Å². The van der Waals surface area contributed by atoms with Gasteiger partial charge < -0.3 is 10.0 Å². The topological polar surface area (TPSA) is 40.5 Å². The lowest BCUT2D eigenvalue weighted by Crippen LogP contribution is -2.58. The molecule has 0 bridgehead atoms. The fourth-order valence-corrected chi connectivity index (χ4v) is 16.6. The minimum Gasteiger partial charge on any atom is -0.465 e. The van der Waals surface area contributed by atoms with Crippen LogP contribution in [0.4, 0.5) is 4.79 Å². The number of carboxylic acid groups (broad SMARTS) is 1. The molecule has 1 aliphatic rings. The van der Waals surface area contributed by atoms with Crippen molar-refractivity contribution in [1.29, 1.82) is 0 Å². The van der Waals surface area contributed by atoms with Gasteiger partial charge in [0.1, 0.15) is 0 Å². The Labute approximate surface area is 369 Å². The minimum absolute atomic E-state index is 0.193. The first-order chi connectivity index (χ1) is 29.4. The minimum atomic E-state index is -0.852. The van der Waals surface area contributed by atoms with Crippen LogP contribution in [0, 0.1) is 5.41 Å². The molecule has 60 heavy (non-hydrogen) atoms. The molecule has 1 unspecified atom stereocenters. The number of likely N-dealkylation sites (tertiary alicyclic amines) is 1. The van der Waals surface area contributed by atoms with E-state index in [0.717, 1.165) is 31.8 Å². The molecule has 0 aliphatic carbocycles. The summed E-state index contributed by atoms with van der Waals surface area (Å²) in [5, 5.41) is 17.1. The molecule has 5 heteroatoms. The molecular weight excluding hydrogens is 769 g/mol. The van der Waals surface area contributed by atoms with Crippen LogP contribution in [0.15, 0.2) is 121 Å². The summed E-state index contributed by atoms with van der Waals surface area (Å²) in [5.74, 6) is 0. The molecule has 3 atom stereocenters. The van der Waals surface area contributed by atoms with Crippen LogP contribution in [-0.4, -0.2) is 40.0 Å². The number of amides is 1. The van der Waals surface area contributed by atoms with Gasteiger partial charge in [-0.05, 0) is 56.1 Å². The molecule has 3 nitrogen and oxygen atoms in total. The van der Waals surface area contributed by atoms with Crippen LogP contribution < -0.4 is 21.2 Å². The summed E-state index contributed by atoms with van der Waals surface area (Å²) in [5.41, 5.74) is -0.546. The molecular formula is C55H79NO2P2. The Bertz CT molecular complexity index is 1640. The summed E-state index contributed by atoms with van der Waals surface area (Å²) in [7, 11) is -1.69. The number of unbranched alkanes of at least 4 members (excludes halogenated alkanes) is 18. The predicted octanol–water partition coefficient (Wildman–Crippen LogP) is 15.0. The first-order valence-corrected chi connectivity index (χ1v) is 27.2. The van der Waals surface area contributed by atoms with Crippen molar-refractivity contribution in [3.05, 3.63) is 121 Å². The highest BCUT2D eigenvalue weighted by Gasteiger charge is 2.64. The lowest BCUT2D eigenvalue weighted by Gasteiger charge is -2.52. The molecule has 1 heterocycles. The van der Waals surface area contributed by atoms with Crippen molar-refractivity contribution >= 4 is 43.2 Å². The highest BCUT2D eigenvalue weighted by atomic mass is 31.1. The van der Waals surface area contributed by atoms with Crippen LogP contribution in [-0.2, 0) is 0 Å². The van der Waals surface area contributed by atoms with Crippen molar-refractivity contribution in [2.75, 3.05) is 12.7 Å². The summed E-state index contributed by atoms with van der Waals surface area (Å²) in [4.78, 5) is 16.2. The third-order valence-electron chi connectivity index (χ3n) is 13.8. The summed E-state index contributed by atoms with van der Waals surface area (Å²) in [6, 6.07) is 44.6. The van der Waals surface area contributed by atoms with E-state index in [1.807, 2.05) is 4.90 Å². The lowest BCUT2D eigenvalue weighted by molar-refractivity contribution is 0.0471. The van der Waals surface area contributed by atoms with Gasteiger partial charge in [-0.3, -0.25) is 0 Å². The van der Waals surface area contributed by atoms with Gasteiger partial charge in [-0.1, -0.05) is 271 Å². The summed E-state index contributed by atoms with van der Waals surface area (Å²) >= 11 is 0. The van der Waals surface area contributed by atoms with Crippen molar-refractivity contribution in [2.24, 2.45) is 5.41 Å². The highest BCUT2D eigenvalue weighted by molar-refractivity contribution is 7.74. The lowest BCUT2D eigenvalue weighted by atomic mass is 9.66. The SMILES string of the molecule is CCCCCCCCCCCCC1(C)[C@H](P(c2ccccc2)c2ccccc2)CN(C(=O)O)[C@]1(CCCCCCCCCCCC)CP(c1ccccc1)c1ccccc1. The van der Waals surface area contributed by atoms with Gasteiger partial charge in [0.25, 0.3) is 0 Å². The van der Waals surface area contributed by atoms with Gasteiger partial charge in [-0.2, -0.15) is 0 Å². The maximum Gasteiger partial charge on any atom is 0.407 e. The molecule has 0 aromatic heterocycles. The van der Waals surface area contributed by atoms with Crippen molar-refractivity contribution < 1.29 is 9.90 Å². The van der Waals surface area contributed by atoms with E-state index in [0.29, 0.717) is 6.54 Å². The van der Waals surface area contributed by atoms with Crippen LogP contribution in [0.1, 0.15) is 162 Å². The monoisotopic (exact) mass is 848 g/mol. The number of hydrogen-bond donors (Lipinski definition) is 1. The third-order valence-corrected chi connectivity index (χ3v) is 19.6. The zero-order valence-electron chi connectivity index (χ0n) is 37.8. The van der Waals surface area contributed by atoms with Gasteiger partial charge in [0.05, 0.1) is 5.54 Å². The largest absolute Gasteiger partial charge is 0.465 e. The average Bonchev–Trinajstić information content (AvgIpc) is 3.52. The maximum atomic E-state index is 14.2. The molecule has 4 aromatic rings. The number of carbonyl (C=O) groups is 1. The molecule has 1 fully saturated rings. The fourth-order valence-electron chi connectivity index (χ4n) is 10.3. The quantitative estimate of drug-likeness (QED) is 0.0437. The van der Waals surface area contributed by atoms with Gasteiger partial charge in [0.2, 0.25) is 0 Å². The first kappa shape index (κ1) is 48.0. The van der Waals surface area contributed by atoms with E-state index in [1.54, 1.807) is 0 Å². The Morgan fingerprint density at radius 3 is 1.22 bits per heavy atom. The van der Waals surface area contributed by atoms with Crippen molar-refractivity contribution in [1.82, 2.24) is 4.90 Å². The summed E-state index contributed by atoms with van der Waals surface area (Å²) < 4.78 is 0. The Morgan fingerprint density at radius 1 is 0.517 bits per heavy atom. The Kier molecular flexibility index (Phi) is 21.2. The van der Waals surface area contributed by atoms with E-state index in [2.05, 4.69) is 142 Å². The molecule has 326 valence electrons. The molecule has 1 saturated heterocycles. The van der Waals surface area contributed by atoms with Gasteiger partial charge >= 0.3 is 6.09 Å². The van der Waals surface area contributed by atoms with E-state index >= 15 is 0 Å². The normalized spacial score (nSPS) is 19.1. The van der Waals surface area contributed by atoms with E-state index in [1.165, 1.54) is 137 Å².